The van der Waals surface area contributed by atoms with Gasteiger partial charge in [-0.05, 0) is 24.7 Å². The van der Waals surface area contributed by atoms with Crippen molar-refractivity contribution in [3.8, 4) is 0 Å². The second-order valence-electron chi connectivity index (χ2n) is 4.30. The molecule has 0 unspecified atom stereocenters. The van der Waals surface area contributed by atoms with Gasteiger partial charge in [0.2, 0.25) is 0 Å². The molecule has 1 aromatic heterocycles. The Balaban J connectivity index is 1.99. The number of nitrogens with zero attached hydrogens (tertiary/aromatic N) is 2. The summed E-state index contributed by atoms with van der Waals surface area (Å²) in [5, 5.41) is 11.9. The maximum atomic E-state index is 10.7. The maximum Gasteiger partial charge on any atom is 0.356 e. The number of carboxylic acids is 1. The van der Waals surface area contributed by atoms with Gasteiger partial charge in [0.15, 0.2) is 5.69 Å². The van der Waals surface area contributed by atoms with Crippen molar-refractivity contribution in [1.29, 1.82) is 0 Å². The summed E-state index contributed by atoms with van der Waals surface area (Å²) in [7, 11) is 0. The van der Waals surface area contributed by atoms with Crippen molar-refractivity contribution in [2.45, 2.75) is 26.2 Å². The zero-order valence-electron chi connectivity index (χ0n) is 9.23. The van der Waals surface area contributed by atoms with Crippen molar-refractivity contribution in [2.24, 2.45) is 5.41 Å². The molecule has 0 aromatic carbocycles. The van der Waals surface area contributed by atoms with Gasteiger partial charge in [0.05, 0.1) is 12.4 Å². The molecule has 1 aliphatic rings. The van der Waals surface area contributed by atoms with Crippen LogP contribution in [-0.2, 0) is 0 Å². The number of aromatic nitrogens is 2. The number of anilines is 1. The van der Waals surface area contributed by atoms with E-state index in [1.807, 2.05) is 0 Å². The molecule has 16 heavy (non-hydrogen) atoms. The molecule has 1 fully saturated rings. The van der Waals surface area contributed by atoms with E-state index in [-0.39, 0.29) is 5.69 Å². The number of aromatic carboxylic acids is 1. The molecule has 86 valence electrons. The number of carbonyl (C=O) groups is 1. The van der Waals surface area contributed by atoms with Crippen LogP contribution in [0.4, 0.5) is 5.82 Å². The van der Waals surface area contributed by atoms with Crippen molar-refractivity contribution in [3.63, 3.8) is 0 Å². The number of carboxylic acid groups (broad SMARTS) is 1. The minimum atomic E-state index is -1.05. The lowest BCUT2D eigenvalue weighted by Gasteiger charge is -2.13. The summed E-state index contributed by atoms with van der Waals surface area (Å²) < 4.78 is 0. The first-order valence-electron chi connectivity index (χ1n) is 5.44. The van der Waals surface area contributed by atoms with Crippen LogP contribution >= 0.6 is 0 Å². The van der Waals surface area contributed by atoms with Crippen LogP contribution in [0.2, 0.25) is 0 Å². The molecule has 0 amide bonds. The first-order valence-corrected chi connectivity index (χ1v) is 5.44. The predicted molar refractivity (Wildman–Crippen MR) is 59.4 cm³/mol. The minimum absolute atomic E-state index is 0.0219. The maximum absolute atomic E-state index is 10.7. The summed E-state index contributed by atoms with van der Waals surface area (Å²) in [6.07, 6.45) is 6.43. The topological polar surface area (TPSA) is 75.1 Å². The van der Waals surface area contributed by atoms with E-state index in [9.17, 15) is 4.79 Å². The van der Waals surface area contributed by atoms with Crippen LogP contribution in [0.3, 0.4) is 0 Å². The molecule has 0 spiro atoms. The van der Waals surface area contributed by atoms with Gasteiger partial charge in [0.25, 0.3) is 0 Å². The van der Waals surface area contributed by atoms with E-state index in [0.717, 1.165) is 13.0 Å². The van der Waals surface area contributed by atoms with Crippen molar-refractivity contribution in [2.75, 3.05) is 11.9 Å². The lowest BCUT2D eigenvalue weighted by molar-refractivity contribution is 0.0690. The van der Waals surface area contributed by atoms with Crippen molar-refractivity contribution in [1.82, 2.24) is 9.97 Å². The first-order chi connectivity index (χ1) is 7.65. The van der Waals surface area contributed by atoms with Crippen LogP contribution in [0.5, 0.6) is 0 Å². The Morgan fingerprint density at radius 1 is 1.56 bits per heavy atom. The molecule has 0 saturated heterocycles. The fraction of sp³-hybridized carbons (Fsp3) is 0.545. The molecule has 0 aliphatic heterocycles. The van der Waals surface area contributed by atoms with Crippen LogP contribution in [0, 0.1) is 5.41 Å². The molecule has 0 atom stereocenters. The van der Waals surface area contributed by atoms with Crippen LogP contribution in [0.25, 0.3) is 0 Å². The van der Waals surface area contributed by atoms with Gasteiger partial charge in [-0.25, -0.2) is 9.78 Å². The standard InChI is InChI=1S/C11H15N3O2/c1-2-11(3-4-11)7-13-9-6-12-5-8(14-9)10(15)16/h5-6H,2-4,7H2,1H3,(H,13,14)(H,15,16). The highest BCUT2D eigenvalue weighted by molar-refractivity contribution is 5.85. The first kappa shape index (κ1) is 10.9. The second kappa shape index (κ2) is 4.08. The van der Waals surface area contributed by atoms with Gasteiger partial charge in [-0.15, -0.1) is 0 Å². The molecule has 0 radical (unpaired) electrons. The summed E-state index contributed by atoms with van der Waals surface area (Å²) in [5.41, 5.74) is 0.382. The molecular weight excluding hydrogens is 206 g/mol. The molecule has 1 heterocycles. The third-order valence-electron chi connectivity index (χ3n) is 3.21. The Morgan fingerprint density at radius 3 is 2.88 bits per heavy atom. The average Bonchev–Trinajstić information content (AvgIpc) is 3.07. The fourth-order valence-electron chi connectivity index (χ4n) is 1.66. The van der Waals surface area contributed by atoms with E-state index in [0.29, 0.717) is 11.2 Å². The zero-order valence-corrected chi connectivity index (χ0v) is 9.23. The van der Waals surface area contributed by atoms with Gasteiger partial charge in [-0.1, -0.05) is 6.92 Å². The minimum Gasteiger partial charge on any atom is -0.476 e. The molecule has 2 rings (SSSR count). The van der Waals surface area contributed by atoms with Crippen LogP contribution in [-0.4, -0.2) is 27.6 Å². The number of hydrogen-bond donors (Lipinski definition) is 2. The largest absolute Gasteiger partial charge is 0.476 e. The SMILES string of the molecule is CCC1(CNc2cncc(C(=O)O)n2)CC1. The van der Waals surface area contributed by atoms with Gasteiger partial charge >= 0.3 is 5.97 Å². The highest BCUT2D eigenvalue weighted by atomic mass is 16.4. The Hall–Kier alpha value is -1.65. The molecular formula is C11H15N3O2. The molecule has 5 nitrogen and oxygen atoms in total. The summed E-state index contributed by atoms with van der Waals surface area (Å²) in [4.78, 5) is 18.5. The van der Waals surface area contributed by atoms with Gasteiger partial charge in [-0.3, -0.25) is 4.98 Å². The highest BCUT2D eigenvalue weighted by Gasteiger charge is 2.40. The summed E-state index contributed by atoms with van der Waals surface area (Å²) >= 11 is 0. The van der Waals surface area contributed by atoms with E-state index in [1.165, 1.54) is 19.0 Å². The van der Waals surface area contributed by atoms with E-state index < -0.39 is 5.97 Å². The lowest BCUT2D eigenvalue weighted by atomic mass is 10.0. The predicted octanol–water partition coefficient (Wildman–Crippen LogP) is 1.78. The van der Waals surface area contributed by atoms with Crippen molar-refractivity contribution in [3.05, 3.63) is 18.1 Å². The number of nitrogens with one attached hydrogen (secondary N) is 1. The van der Waals surface area contributed by atoms with E-state index in [2.05, 4.69) is 22.2 Å². The fourth-order valence-corrected chi connectivity index (χ4v) is 1.66. The van der Waals surface area contributed by atoms with Crippen LogP contribution < -0.4 is 5.32 Å². The summed E-state index contributed by atoms with van der Waals surface area (Å²) in [5.74, 6) is -0.507. The van der Waals surface area contributed by atoms with E-state index in [4.69, 9.17) is 5.11 Å². The van der Waals surface area contributed by atoms with Gasteiger partial charge in [0, 0.05) is 6.54 Å². The van der Waals surface area contributed by atoms with E-state index in [1.54, 1.807) is 6.20 Å². The number of hydrogen-bond acceptors (Lipinski definition) is 4. The van der Waals surface area contributed by atoms with Gasteiger partial charge in [-0.2, -0.15) is 0 Å². The molecule has 0 bridgehead atoms. The van der Waals surface area contributed by atoms with Crippen molar-refractivity contribution >= 4 is 11.8 Å². The smallest absolute Gasteiger partial charge is 0.356 e. The Morgan fingerprint density at radius 2 is 2.31 bits per heavy atom. The second-order valence-corrected chi connectivity index (χ2v) is 4.30. The van der Waals surface area contributed by atoms with Crippen LogP contribution in [0.1, 0.15) is 36.7 Å². The highest BCUT2D eigenvalue weighted by Crippen LogP contribution is 2.48. The van der Waals surface area contributed by atoms with Crippen molar-refractivity contribution < 1.29 is 9.90 Å². The quantitative estimate of drug-likeness (QED) is 0.792. The number of rotatable bonds is 5. The summed E-state index contributed by atoms with van der Waals surface area (Å²) in [6.45, 7) is 3.02. The van der Waals surface area contributed by atoms with E-state index >= 15 is 0 Å². The molecule has 2 N–H and O–H groups in total. The normalized spacial score (nSPS) is 16.8. The molecule has 1 saturated carbocycles. The summed E-state index contributed by atoms with van der Waals surface area (Å²) in [6, 6.07) is 0. The molecule has 1 aliphatic carbocycles. The third kappa shape index (κ3) is 2.29. The zero-order chi connectivity index (χ0) is 11.6. The monoisotopic (exact) mass is 221 g/mol. The van der Waals surface area contributed by atoms with Gasteiger partial charge in [0.1, 0.15) is 5.82 Å². The lowest BCUT2D eigenvalue weighted by Crippen LogP contribution is -2.16. The average molecular weight is 221 g/mol. The van der Waals surface area contributed by atoms with Gasteiger partial charge < -0.3 is 10.4 Å². The Kier molecular flexibility index (Phi) is 2.77. The third-order valence-corrected chi connectivity index (χ3v) is 3.21. The molecule has 1 aromatic rings. The Bertz CT molecular complexity index is 402. The van der Waals surface area contributed by atoms with Crippen LogP contribution in [0.15, 0.2) is 12.4 Å². The molecule has 5 heteroatoms. The Labute approximate surface area is 93.9 Å².